The molecule has 0 bridgehead atoms. The van der Waals surface area contributed by atoms with Crippen molar-refractivity contribution < 1.29 is 4.74 Å². The van der Waals surface area contributed by atoms with Crippen molar-refractivity contribution in [2.24, 2.45) is 0 Å². The van der Waals surface area contributed by atoms with Crippen LogP contribution in [0.1, 0.15) is 0 Å². The third-order valence-electron chi connectivity index (χ3n) is 2.32. The fourth-order valence-corrected chi connectivity index (χ4v) is 2.05. The minimum absolute atomic E-state index is 0.608. The van der Waals surface area contributed by atoms with Gasteiger partial charge in [0.25, 0.3) is 0 Å². The largest absolute Gasteiger partial charge is 0.383 e. The molecular formula is C11H11BrClN3O. The van der Waals surface area contributed by atoms with E-state index in [1.807, 2.05) is 22.8 Å². The smallest absolute Gasteiger partial charge is 0.165 e. The molecule has 90 valence electrons. The van der Waals surface area contributed by atoms with Crippen molar-refractivity contribution in [1.29, 1.82) is 0 Å². The molecule has 4 nitrogen and oxygen atoms in total. The summed E-state index contributed by atoms with van der Waals surface area (Å²) in [5.41, 5.74) is 0.856. The van der Waals surface area contributed by atoms with Crippen LogP contribution in [0.25, 0.3) is 11.4 Å². The lowest BCUT2D eigenvalue weighted by Crippen LogP contribution is -2.05. The van der Waals surface area contributed by atoms with Gasteiger partial charge >= 0.3 is 0 Å². The Balaban J connectivity index is 2.38. The van der Waals surface area contributed by atoms with E-state index in [-0.39, 0.29) is 0 Å². The zero-order valence-electron chi connectivity index (χ0n) is 9.23. The normalized spacial score (nSPS) is 10.8. The van der Waals surface area contributed by atoms with Crippen LogP contribution in [-0.4, -0.2) is 28.5 Å². The Kier molecular flexibility index (Phi) is 4.15. The zero-order valence-corrected chi connectivity index (χ0v) is 11.6. The first-order valence-electron chi connectivity index (χ1n) is 5.04. The number of nitrogens with zero attached hydrogens (tertiary/aromatic N) is 3. The van der Waals surface area contributed by atoms with Gasteiger partial charge in [0.2, 0.25) is 0 Å². The molecule has 17 heavy (non-hydrogen) atoms. The standard InChI is InChI=1S/C11H11BrClN3O/c1-17-5-4-16-7-14-15-11(16)9-6-8(12)2-3-10(9)13/h2-3,6-7H,4-5H2,1H3. The highest BCUT2D eigenvalue weighted by Gasteiger charge is 2.11. The molecule has 0 unspecified atom stereocenters. The van der Waals surface area contributed by atoms with Gasteiger partial charge in [-0.3, -0.25) is 0 Å². The number of methoxy groups -OCH3 is 1. The van der Waals surface area contributed by atoms with Crippen LogP contribution in [-0.2, 0) is 11.3 Å². The van der Waals surface area contributed by atoms with Gasteiger partial charge in [0.05, 0.1) is 11.6 Å². The van der Waals surface area contributed by atoms with Gasteiger partial charge in [-0.2, -0.15) is 0 Å². The molecule has 0 N–H and O–H groups in total. The van der Waals surface area contributed by atoms with Crippen LogP contribution < -0.4 is 0 Å². The van der Waals surface area contributed by atoms with Crippen LogP contribution in [0.2, 0.25) is 5.02 Å². The van der Waals surface area contributed by atoms with Gasteiger partial charge in [0, 0.05) is 23.7 Å². The molecule has 0 aliphatic carbocycles. The molecule has 1 aromatic heterocycles. The number of aromatic nitrogens is 3. The number of rotatable bonds is 4. The van der Waals surface area contributed by atoms with E-state index in [1.54, 1.807) is 13.4 Å². The summed E-state index contributed by atoms with van der Waals surface area (Å²) in [6.45, 7) is 1.30. The predicted molar refractivity (Wildman–Crippen MR) is 70.0 cm³/mol. The van der Waals surface area contributed by atoms with Gasteiger partial charge in [0.1, 0.15) is 6.33 Å². The highest BCUT2D eigenvalue weighted by atomic mass is 79.9. The van der Waals surface area contributed by atoms with Gasteiger partial charge in [-0.1, -0.05) is 27.5 Å². The maximum absolute atomic E-state index is 6.16. The number of hydrogen-bond donors (Lipinski definition) is 0. The average molecular weight is 317 g/mol. The molecule has 2 rings (SSSR count). The molecule has 2 aromatic rings. The Bertz CT molecular complexity index is 515. The summed E-state index contributed by atoms with van der Waals surface area (Å²) in [7, 11) is 1.66. The quantitative estimate of drug-likeness (QED) is 0.870. The maximum atomic E-state index is 6.16. The van der Waals surface area contributed by atoms with Gasteiger partial charge in [-0.25, -0.2) is 0 Å². The minimum Gasteiger partial charge on any atom is -0.383 e. The van der Waals surface area contributed by atoms with E-state index in [0.717, 1.165) is 15.9 Å². The van der Waals surface area contributed by atoms with Gasteiger partial charge in [-0.15, -0.1) is 10.2 Å². The summed E-state index contributed by atoms with van der Waals surface area (Å²) in [4.78, 5) is 0. The lowest BCUT2D eigenvalue weighted by atomic mass is 10.2. The average Bonchev–Trinajstić information content (AvgIpc) is 2.77. The highest BCUT2D eigenvalue weighted by Crippen LogP contribution is 2.29. The molecule has 0 saturated heterocycles. The first kappa shape index (κ1) is 12.5. The van der Waals surface area contributed by atoms with Crippen molar-refractivity contribution in [3.63, 3.8) is 0 Å². The van der Waals surface area contributed by atoms with Gasteiger partial charge < -0.3 is 9.30 Å². The van der Waals surface area contributed by atoms with Crippen LogP contribution in [0.4, 0.5) is 0 Å². The molecule has 0 aliphatic rings. The third-order valence-corrected chi connectivity index (χ3v) is 3.14. The van der Waals surface area contributed by atoms with Crippen molar-refractivity contribution in [2.75, 3.05) is 13.7 Å². The van der Waals surface area contributed by atoms with E-state index in [4.69, 9.17) is 16.3 Å². The zero-order chi connectivity index (χ0) is 12.3. The lowest BCUT2D eigenvalue weighted by molar-refractivity contribution is 0.187. The Morgan fingerprint density at radius 3 is 3.06 bits per heavy atom. The van der Waals surface area contributed by atoms with E-state index in [2.05, 4.69) is 26.1 Å². The van der Waals surface area contributed by atoms with Crippen molar-refractivity contribution in [1.82, 2.24) is 14.8 Å². The van der Waals surface area contributed by atoms with E-state index in [1.165, 1.54) is 0 Å². The monoisotopic (exact) mass is 315 g/mol. The van der Waals surface area contributed by atoms with E-state index >= 15 is 0 Å². The summed E-state index contributed by atoms with van der Waals surface area (Å²) in [6.07, 6.45) is 1.67. The second-order valence-corrected chi connectivity index (χ2v) is 4.79. The lowest BCUT2D eigenvalue weighted by Gasteiger charge is -2.07. The third kappa shape index (κ3) is 2.86. The van der Waals surface area contributed by atoms with E-state index in [9.17, 15) is 0 Å². The molecule has 0 spiro atoms. The Morgan fingerprint density at radius 2 is 2.29 bits per heavy atom. The first-order valence-corrected chi connectivity index (χ1v) is 6.21. The van der Waals surface area contributed by atoms with Gasteiger partial charge in [0.15, 0.2) is 5.82 Å². The van der Waals surface area contributed by atoms with E-state index in [0.29, 0.717) is 18.2 Å². The van der Waals surface area contributed by atoms with Crippen molar-refractivity contribution >= 4 is 27.5 Å². The van der Waals surface area contributed by atoms with Crippen molar-refractivity contribution in [3.8, 4) is 11.4 Å². The Hall–Kier alpha value is -0.910. The molecule has 1 aromatic carbocycles. The maximum Gasteiger partial charge on any atom is 0.165 e. The fraction of sp³-hybridized carbons (Fsp3) is 0.273. The number of ether oxygens (including phenoxy) is 1. The number of halogens is 2. The topological polar surface area (TPSA) is 39.9 Å². The van der Waals surface area contributed by atoms with Crippen LogP contribution in [0.5, 0.6) is 0 Å². The molecular weight excluding hydrogens is 305 g/mol. The molecule has 0 fully saturated rings. The summed E-state index contributed by atoms with van der Waals surface area (Å²) in [6, 6.07) is 5.65. The summed E-state index contributed by atoms with van der Waals surface area (Å²) in [5, 5.41) is 8.65. The molecule has 0 amide bonds. The fourth-order valence-electron chi connectivity index (χ4n) is 1.49. The first-order chi connectivity index (χ1) is 8.22. The molecule has 0 atom stereocenters. The predicted octanol–water partition coefficient (Wildman–Crippen LogP) is 3.01. The van der Waals surface area contributed by atoms with Crippen LogP contribution in [0, 0.1) is 0 Å². The second-order valence-electron chi connectivity index (χ2n) is 3.46. The summed E-state index contributed by atoms with van der Waals surface area (Å²) < 4.78 is 7.91. The van der Waals surface area contributed by atoms with Crippen LogP contribution >= 0.6 is 27.5 Å². The number of benzene rings is 1. The second kappa shape index (κ2) is 5.62. The molecule has 0 radical (unpaired) electrons. The Morgan fingerprint density at radius 1 is 1.47 bits per heavy atom. The highest BCUT2D eigenvalue weighted by molar-refractivity contribution is 9.10. The number of hydrogen-bond acceptors (Lipinski definition) is 3. The Labute approximate surface area is 113 Å². The SMILES string of the molecule is COCCn1cnnc1-c1cc(Br)ccc1Cl. The van der Waals surface area contributed by atoms with Crippen molar-refractivity contribution in [2.45, 2.75) is 6.54 Å². The van der Waals surface area contributed by atoms with E-state index < -0.39 is 0 Å². The molecule has 6 heteroatoms. The van der Waals surface area contributed by atoms with Crippen LogP contribution in [0.3, 0.4) is 0 Å². The van der Waals surface area contributed by atoms with Gasteiger partial charge in [-0.05, 0) is 18.2 Å². The summed E-state index contributed by atoms with van der Waals surface area (Å²) in [5.74, 6) is 0.744. The van der Waals surface area contributed by atoms with Crippen molar-refractivity contribution in [3.05, 3.63) is 34.0 Å². The van der Waals surface area contributed by atoms with Crippen LogP contribution in [0.15, 0.2) is 29.0 Å². The molecule has 1 heterocycles. The summed E-state index contributed by atoms with van der Waals surface area (Å²) >= 11 is 9.58. The molecule has 0 aliphatic heterocycles. The molecule has 0 saturated carbocycles. The minimum atomic E-state index is 0.608.